The number of hydrogen-bond donors (Lipinski definition) is 2. The smallest absolute Gasteiger partial charge is 0.123 e. The van der Waals surface area contributed by atoms with Gasteiger partial charge in [-0.15, -0.1) is 0 Å². The Labute approximate surface area is 112 Å². The minimum Gasteiger partial charge on any atom is -0.387 e. The molecule has 1 heterocycles. The fourth-order valence-electron chi connectivity index (χ4n) is 1.90. The second-order valence-electron chi connectivity index (χ2n) is 4.50. The molecule has 1 unspecified atom stereocenters. The van der Waals surface area contributed by atoms with Crippen molar-refractivity contribution in [3.63, 3.8) is 0 Å². The Bertz CT molecular complexity index is 531. The fourth-order valence-corrected chi connectivity index (χ4v) is 1.90. The predicted octanol–water partition coefficient (Wildman–Crippen LogP) is 2.35. The van der Waals surface area contributed by atoms with Crippen LogP contribution in [0.15, 0.2) is 42.7 Å². The van der Waals surface area contributed by atoms with Crippen molar-refractivity contribution in [2.75, 3.05) is 6.54 Å². The number of aryl methyl sites for hydroxylation is 1. The first-order valence-corrected chi connectivity index (χ1v) is 6.20. The van der Waals surface area contributed by atoms with E-state index in [4.69, 9.17) is 0 Å². The van der Waals surface area contributed by atoms with Crippen LogP contribution in [0.1, 0.15) is 22.8 Å². The summed E-state index contributed by atoms with van der Waals surface area (Å²) in [6.07, 6.45) is 2.74. The molecule has 4 heteroatoms. The Balaban J connectivity index is 1.86. The molecule has 0 saturated heterocycles. The lowest BCUT2D eigenvalue weighted by Crippen LogP contribution is -2.21. The van der Waals surface area contributed by atoms with Crippen LogP contribution in [0.25, 0.3) is 0 Å². The molecule has 0 bridgehead atoms. The third-order valence-electron chi connectivity index (χ3n) is 3.05. The highest BCUT2D eigenvalue weighted by molar-refractivity contribution is 5.26. The maximum Gasteiger partial charge on any atom is 0.123 e. The van der Waals surface area contributed by atoms with Gasteiger partial charge in [-0.25, -0.2) is 4.39 Å². The SMILES string of the molecule is Cc1cc(F)ccc1CNCC(O)c1ccncc1. The molecule has 100 valence electrons. The monoisotopic (exact) mass is 260 g/mol. The van der Waals surface area contributed by atoms with Gasteiger partial charge in [-0.3, -0.25) is 4.98 Å². The molecule has 1 aromatic heterocycles. The molecular formula is C15H17FN2O. The highest BCUT2D eigenvalue weighted by Gasteiger charge is 2.07. The van der Waals surface area contributed by atoms with Crippen molar-refractivity contribution in [3.8, 4) is 0 Å². The fraction of sp³-hybridized carbons (Fsp3) is 0.267. The van der Waals surface area contributed by atoms with Crippen molar-refractivity contribution in [1.82, 2.24) is 10.3 Å². The Hall–Kier alpha value is -1.78. The van der Waals surface area contributed by atoms with Crippen molar-refractivity contribution in [2.45, 2.75) is 19.6 Å². The first kappa shape index (κ1) is 13.6. The summed E-state index contributed by atoms with van der Waals surface area (Å²) < 4.78 is 13.0. The van der Waals surface area contributed by atoms with E-state index in [1.54, 1.807) is 30.6 Å². The Morgan fingerprint density at radius 1 is 1.26 bits per heavy atom. The molecule has 0 saturated carbocycles. The Morgan fingerprint density at radius 3 is 2.68 bits per heavy atom. The number of benzene rings is 1. The van der Waals surface area contributed by atoms with E-state index in [0.717, 1.165) is 16.7 Å². The van der Waals surface area contributed by atoms with Crippen LogP contribution in [0.5, 0.6) is 0 Å². The van der Waals surface area contributed by atoms with Crippen molar-refractivity contribution >= 4 is 0 Å². The minimum absolute atomic E-state index is 0.224. The largest absolute Gasteiger partial charge is 0.387 e. The summed E-state index contributed by atoms with van der Waals surface area (Å²) in [5.74, 6) is -0.224. The first-order chi connectivity index (χ1) is 9.16. The number of pyridine rings is 1. The van der Waals surface area contributed by atoms with E-state index in [2.05, 4.69) is 10.3 Å². The van der Waals surface area contributed by atoms with Crippen LogP contribution in [-0.2, 0) is 6.54 Å². The molecule has 0 aliphatic rings. The van der Waals surface area contributed by atoms with Gasteiger partial charge < -0.3 is 10.4 Å². The number of aromatic nitrogens is 1. The lowest BCUT2D eigenvalue weighted by atomic mass is 10.1. The quantitative estimate of drug-likeness (QED) is 0.867. The van der Waals surface area contributed by atoms with E-state index < -0.39 is 6.10 Å². The average molecular weight is 260 g/mol. The van der Waals surface area contributed by atoms with Crippen LogP contribution < -0.4 is 5.32 Å². The number of nitrogens with one attached hydrogen (secondary N) is 1. The van der Waals surface area contributed by atoms with E-state index in [1.165, 1.54) is 12.1 Å². The van der Waals surface area contributed by atoms with Gasteiger partial charge in [0.2, 0.25) is 0 Å². The number of aliphatic hydroxyl groups excluding tert-OH is 1. The molecule has 2 N–H and O–H groups in total. The van der Waals surface area contributed by atoms with E-state index >= 15 is 0 Å². The minimum atomic E-state index is -0.566. The average Bonchev–Trinajstić information content (AvgIpc) is 2.42. The Morgan fingerprint density at radius 2 is 2.00 bits per heavy atom. The van der Waals surface area contributed by atoms with Crippen LogP contribution in [0, 0.1) is 12.7 Å². The van der Waals surface area contributed by atoms with Gasteiger partial charge in [-0.1, -0.05) is 6.07 Å². The van der Waals surface area contributed by atoms with Crippen molar-refractivity contribution in [2.24, 2.45) is 0 Å². The normalized spacial score (nSPS) is 12.4. The molecule has 1 aromatic carbocycles. The molecule has 0 spiro atoms. The van der Waals surface area contributed by atoms with E-state index in [-0.39, 0.29) is 5.82 Å². The van der Waals surface area contributed by atoms with Crippen LogP contribution in [0.2, 0.25) is 0 Å². The molecule has 2 rings (SSSR count). The second-order valence-corrected chi connectivity index (χ2v) is 4.50. The van der Waals surface area contributed by atoms with Crippen LogP contribution in [0.4, 0.5) is 4.39 Å². The van der Waals surface area contributed by atoms with Crippen LogP contribution >= 0.6 is 0 Å². The van der Waals surface area contributed by atoms with Gasteiger partial charge in [0, 0.05) is 25.5 Å². The third kappa shape index (κ3) is 3.84. The molecular weight excluding hydrogens is 243 g/mol. The lowest BCUT2D eigenvalue weighted by molar-refractivity contribution is 0.174. The van der Waals surface area contributed by atoms with Gasteiger partial charge >= 0.3 is 0 Å². The zero-order valence-corrected chi connectivity index (χ0v) is 10.8. The summed E-state index contributed by atoms with van der Waals surface area (Å²) in [7, 11) is 0. The van der Waals surface area contributed by atoms with Gasteiger partial charge in [0.1, 0.15) is 5.82 Å². The topological polar surface area (TPSA) is 45.1 Å². The summed E-state index contributed by atoms with van der Waals surface area (Å²) in [6.45, 7) is 2.93. The Kier molecular flexibility index (Phi) is 4.60. The third-order valence-corrected chi connectivity index (χ3v) is 3.05. The zero-order chi connectivity index (χ0) is 13.7. The number of hydrogen-bond acceptors (Lipinski definition) is 3. The second kappa shape index (κ2) is 6.41. The summed E-state index contributed by atoms with van der Waals surface area (Å²) >= 11 is 0. The molecule has 2 aromatic rings. The van der Waals surface area contributed by atoms with Gasteiger partial charge in [0.25, 0.3) is 0 Å². The van der Waals surface area contributed by atoms with Crippen molar-refractivity contribution in [1.29, 1.82) is 0 Å². The highest BCUT2D eigenvalue weighted by Crippen LogP contribution is 2.12. The van der Waals surface area contributed by atoms with Gasteiger partial charge in [0.05, 0.1) is 6.10 Å². The summed E-state index contributed by atoms with van der Waals surface area (Å²) in [5, 5.41) is 13.1. The predicted molar refractivity (Wildman–Crippen MR) is 72.0 cm³/mol. The maximum absolute atomic E-state index is 13.0. The van der Waals surface area contributed by atoms with Gasteiger partial charge in [0.15, 0.2) is 0 Å². The highest BCUT2D eigenvalue weighted by atomic mass is 19.1. The van der Waals surface area contributed by atoms with Crippen molar-refractivity contribution < 1.29 is 9.50 Å². The number of nitrogens with zero attached hydrogens (tertiary/aromatic N) is 1. The number of rotatable bonds is 5. The molecule has 0 radical (unpaired) electrons. The molecule has 0 fully saturated rings. The van der Waals surface area contributed by atoms with E-state index in [0.29, 0.717) is 13.1 Å². The van der Waals surface area contributed by atoms with Crippen LogP contribution in [-0.4, -0.2) is 16.6 Å². The lowest BCUT2D eigenvalue weighted by Gasteiger charge is -2.13. The molecule has 3 nitrogen and oxygen atoms in total. The maximum atomic E-state index is 13.0. The number of aliphatic hydroxyl groups is 1. The zero-order valence-electron chi connectivity index (χ0n) is 10.8. The summed E-state index contributed by atoms with van der Waals surface area (Å²) in [4.78, 5) is 3.91. The standard InChI is InChI=1S/C15H17FN2O/c1-11-8-14(16)3-2-13(11)9-18-10-15(19)12-4-6-17-7-5-12/h2-8,15,18-19H,9-10H2,1H3. The summed E-state index contributed by atoms with van der Waals surface area (Å²) in [6, 6.07) is 8.29. The molecule has 0 aliphatic heterocycles. The molecule has 0 aliphatic carbocycles. The molecule has 19 heavy (non-hydrogen) atoms. The molecule has 0 amide bonds. The number of halogens is 1. The van der Waals surface area contributed by atoms with E-state index in [9.17, 15) is 9.50 Å². The van der Waals surface area contributed by atoms with Crippen molar-refractivity contribution in [3.05, 3.63) is 65.2 Å². The van der Waals surface area contributed by atoms with Gasteiger partial charge in [-0.2, -0.15) is 0 Å². The first-order valence-electron chi connectivity index (χ1n) is 6.20. The molecule has 1 atom stereocenters. The van der Waals surface area contributed by atoms with E-state index in [1.807, 2.05) is 6.92 Å². The van der Waals surface area contributed by atoms with Gasteiger partial charge in [-0.05, 0) is 47.9 Å². The van der Waals surface area contributed by atoms with Crippen LogP contribution in [0.3, 0.4) is 0 Å². The summed E-state index contributed by atoms with van der Waals surface area (Å²) in [5.41, 5.74) is 2.77.